The van der Waals surface area contributed by atoms with Gasteiger partial charge in [0, 0.05) is 19.3 Å². The van der Waals surface area contributed by atoms with Gasteiger partial charge in [-0.05, 0) is 14.1 Å². The van der Waals surface area contributed by atoms with Gasteiger partial charge in [-0.1, -0.05) is 0 Å². The molecule has 0 radical (unpaired) electrons. The molecule has 8 nitrogen and oxygen atoms in total. The zero-order valence-corrected chi connectivity index (χ0v) is 12.6. The normalized spacial score (nSPS) is 12.2. The number of ether oxygens (including phenoxy) is 1. The third-order valence-corrected chi connectivity index (χ3v) is 3.89. The Bertz CT molecular complexity index is 486. The summed E-state index contributed by atoms with van der Waals surface area (Å²) in [6.45, 7) is 2.06. The molecule has 0 unspecified atom stereocenters. The highest BCUT2D eigenvalue weighted by molar-refractivity contribution is 7.89. The van der Waals surface area contributed by atoms with Gasteiger partial charge in [-0.15, -0.1) is 0 Å². The van der Waals surface area contributed by atoms with Crippen molar-refractivity contribution < 1.29 is 18.3 Å². The molecule has 1 heterocycles. The van der Waals surface area contributed by atoms with Crippen LogP contribution in [0.5, 0.6) is 0 Å². The van der Waals surface area contributed by atoms with E-state index in [-0.39, 0.29) is 24.6 Å². The molecule has 0 aromatic carbocycles. The summed E-state index contributed by atoms with van der Waals surface area (Å²) < 4.78 is 32.9. The number of nitrogens with zero attached hydrogens (tertiary/aromatic N) is 3. The third-order valence-electron chi connectivity index (χ3n) is 2.47. The number of nitrogens with one attached hydrogen (secondary N) is 1. The van der Waals surface area contributed by atoms with Crippen LogP contribution in [0.1, 0.15) is 0 Å². The second kappa shape index (κ2) is 8.32. The second-order valence-corrected chi connectivity index (χ2v) is 6.24. The van der Waals surface area contributed by atoms with E-state index in [1.54, 1.807) is 0 Å². The molecule has 0 aliphatic carbocycles. The first-order valence-corrected chi connectivity index (χ1v) is 7.79. The fourth-order valence-corrected chi connectivity index (χ4v) is 2.35. The molecule has 1 rings (SSSR count). The number of aliphatic hydroxyl groups excluding tert-OH is 1. The second-order valence-electron chi connectivity index (χ2n) is 4.48. The SMILES string of the molecule is CN(C)CCOCCNS(=O)(=O)c1cnn(CCO)c1. The van der Waals surface area contributed by atoms with E-state index in [9.17, 15) is 8.42 Å². The molecule has 0 amide bonds. The van der Waals surface area contributed by atoms with Gasteiger partial charge in [-0.2, -0.15) is 5.10 Å². The maximum Gasteiger partial charge on any atom is 0.243 e. The summed E-state index contributed by atoms with van der Waals surface area (Å²) in [5.74, 6) is 0. The summed E-state index contributed by atoms with van der Waals surface area (Å²) in [6, 6.07) is 0. The van der Waals surface area contributed by atoms with Gasteiger partial charge >= 0.3 is 0 Å². The molecule has 20 heavy (non-hydrogen) atoms. The maximum absolute atomic E-state index is 11.9. The van der Waals surface area contributed by atoms with Crippen molar-refractivity contribution >= 4 is 10.0 Å². The van der Waals surface area contributed by atoms with Crippen molar-refractivity contribution in [3.8, 4) is 0 Å². The predicted molar refractivity (Wildman–Crippen MR) is 73.9 cm³/mol. The maximum atomic E-state index is 11.9. The van der Waals surface area contributed by atoms with Crippen molar-refractivity contribution in [1.29, 1.82) is 0 Å². The highest BCUT2D eigenvalue weighted by Gasteiger charge is 2.15. The lowest BCUT2D eigenvalue weighted by Crippen LogP contribution is -2.28. The highest BCUT2D eigenvalue weighted by Crippen LogP contribution is 2.06. The molecule has 0 atom stereocenters. The fraction of sp³-hybridized carbons (Fsp3) is 0.727. The third kappa shape index (κ3) is 5.97. The minimum absolute atomic E-state index is 0.0826. The van der Waals surface area contributed by atoms with Crippen LogP contribution < -0.4 is 4.72 Å². The molecule has 116 valence electrons. The lowest BCUT2D eigenvalue weighted by Gasteiger charge is -2.10. The Morgan fingerprint density at radius 1 is 1.45 bits per heavy atom. The fourth-order valence-electron chi connectivity index (χ4n) is 1.39. The van der Waals surface area contributed by atoms with Gasteiger partial charge < -0.3 is 14.7 Å². The van der Waals surface area contributed by atoms with Gasteiger partial charge in [-0.25, -0.2) is 13.1 Å². The first-order valence-electron chi connectivity index (χ1n) is 6.31. The Labute approximate surface area is 119 Å². The van der Waals surface area contributed by atoms with Crippen molar-refractivity contribution in [3.05, 3.63) is 12.4 Å². The van der Waals surface area contributed by atoms with E-state index in [1.165, 1.54) is 17.1 Å². The first-order chi connectivity index (χ1) is 9.45. The Morgan fingerprint density at radius 3 is 2.85 bits per heavy atom. The van der Waals surface area contributed by atoms with Gasteiger partial charge in [0.1, 0.15) is 4.90 Å². The number of likely N-dealkylation sites (N-methyl/N-ethyl adjacent to an activating group) is 1. The summed E-state index contributed by atoms with van der Waals surface area (Å²) in [7, 11) is 0.315. The summed E-state index contributed by atoms with van der Waals surface area (Å²) in [4.78, 5) is 2.07. The van der Waals surface area contributed by atoms with Crippen LogP contribution in [0.25, 0.3) is 0 Å². The quantitative estimate of drug-likeness (QED) is 0.523. The Kier molecular flexibility index (Phi) is 7.10. The molecule has 0 aliphatic rings. The van der Waals surface area contributed by atoms with Crippen LogP contribution >= 0.6 is 0 Å². The number of hydrogen-bond acceptors (Lipinski definition) is 6. The lowest BCUT2D eigenvalue weighted by molar-refractivity contribution is 0.122. The van der Waals surface area contributed by atoms with E-state index >= 15 is 0 Å². The number of sulfonamides is 1. The zero-order valence-electron chi connectivity index (χ0n) is 11.8. The molecule has 0 saturated carbocycles. The van der Waals surface area contributed by atoms with Crippen LogP contribution in [0.4, 0.5) is 0 Å². The van der Waals surface area contributed by atoms with Gasteiger partial charge in [0.05, 0.1) is 32.6 Å². The molecule has 0 aliphatic heterocycles. The Morgan fingerprint density at radius 2 is 2.20 bits per heavy atom. The minimum atomic E-state index is -3.57. The number of rotatable bonds is 10. The van der Waals surface area contributed by atoms with E-state index in [0.717, 1.165) is 6.54 Å². The summed E-state index contributed by atoms with van der Waals surface area (Å²) in [5, 5.41) is 12.6. The van der Waals surface area contributed by atoms with E-state index in [2.05, 4.69) is 9.82 Å². The van der Waals surface area contributed by atoms with E-state index < -0.39 is 10.0 Å². The van der Waals surface area contributed by atoms with Crippen LogP contribution in [-0.4, -0.2) is 75.2 Å². The van der Waals surface area contributed by atoms with Gasteiger partial charge in [-0.3, -0.25) is 4.68 Å². The number of aliphatic hydroxyl groups is 1. The standard InChI is InChI=1S/C11H22N4O4S/c1-14(2)5-8-19-7-3-13-20(17,18)11-9-12-15(10-11)4-6-16/h9-10,13,16H,3-8H2,1-2H3. The molecular formula is C11H22N4O4S. The van der Waals surface area contributed by atoms with Crippen molar-refractivity contribution in [2.45, 2.75) is 11.4 Å². The van der Waals surface area contributed by atoms with E-state index in [4.69, 9.17) is 9.84 Å². The van der Waals surface area contributed by atoms with Crippen LogP contribution in [0.2, 0.25) is 0 Å². The molecule has 0 bridgehead atoms. The van der Waals surface area contributed by atoms with E-state index in [0.29, 0.717) is 13.2 Å². The molecule has 0 spiro atoms. The first kappa shape index (κ1) is 17.1. The van der Waals surface area contributed by atoms with Crippen LogP contribution in [0, 0.1) is 0 Å². The van der Waals surface area contributed by atoms with Gasteiger partial charge in [0.25, 0.3) is 0 Å². The average molecular weight is 306 g/mol. The van der Waals surface area contributed by atoms with Crippen molar-refractivity contribution in [2.75, 3.05) is 47.0 Å². The molecule has 9 heteroatoms. The molecule has 0 fully saturated rings. The molecule has 2 N–H and O–H groups in total. The molecule has 0 saturated heterocycles. The molecular weight excluding hydrogens is 284 g/mol. The van der Waals surface area contributed by atoms with Crippen LogP contribution in [-0.2, 0) is 21.3 Å². The Hall–Kier alpha value is -1.00. The van der Waals surface area contributed by atoms with Gasteiger partial charge in [0.15, 0.2) is 0 Å². The minimum Gasteiger partial charge on any atom is -0.394 e. The smallest absolute Gasteiger partial charge is 0.243 e. The average Bonchev–Trinajstić information content (AvgIpc) is 2.83. The molecule has 1 aromatic heterocycles. The monoisotopic (exact) mass is 306 g/mol. The largest absolute Gasteiger partial charge is 0.394 e. The van der Waals surface area contributed by atoms with Crippen molar-refractivity contribution in [2.24, 2.45) is 0 Å². The lowest BCUT2D eigenvalue weighted by atomic mass is 10.6. The highest BCUT2D eigenvalue weighted by atomic mass is 32.2. The summed E-state index contributed by atoms with van der Waals surface area (Å²) in [5.41, 5.74) is 0. The topological polar surface area (TPSA) is 96.7 Å². The predicted octanol–water partition coefficient (Wildman–Crippen LogP) is -1.27. The summed E-state index contributed by atoms with van der Waals surface area (Å²) >= 11 is 0. The van der Waals surface area contributed by atoms with Crippen LogP contribution in [0.15, 0.2) is 17.3 Å². The Balaban J connectivity index is 2.33. The van der Waals surface area contributed by atoms with Crippen LogP contribution in [0.3, 0.4) is 0 Å². The van der Waals surface area contributed by atoms with Gasteiger partial charge in [0.2, 0.25) is 10.0 Å². The number of hydrogen-bond donors (Lipinski definition) is 2. The zero-order chi connectivity index (χ0) is 15.0. The van der Waals surface area contributed by atoms with Crippen molar-refractivity contribution in [3.63, 3.8) is 0 Å². The molecule has 1 aromatic rings. The summed E-state index contributed by atoms with van der Waals surface area (Å²) in [6.07, 6.45) is 2.64. The van der Waals surface area contributed by atoms with E-state index in [1.807, 2.05) is 19.0 Å². The number of aromatic nitrogens is 2. The van der Waals surface area contributed by atoms with Crippen molar-refractivity contribution in [1.82, 2.24) is 19.4 Å².